The van der Waals surface area contributed by atoms with E-state index in [0.29, 0.717) is 12.4 Å². The molecule has 0 spiro atoms. The molecule has 1 aromatic rings. The smallest absolute Gasteiger partial charge is 0.123 e. The van der Waals surface area contributed by atoms with E-state index < -0.39 is 0 Å². The Bertz CT molecular complexity index is 630. The zero-order valence-corrected chi connectivity index (χ0v) is 20.9. The average molecular weight is 417 g/mol. The van der Waals surface area contributed by atoms with Gasteiger partial charge in [-0.3, -0.25) is 0 Å². The molecule has 1 aromatic carbocycles. The van der Waals surface area contributed by atoms with E-state index >= 15 is 0 Å². The van der Waals surface area contributed by atoms with Crippen LogP contribution in [0, 0.1) is 31.6 Å². The van der Waals surface area contributed by atoms with Crippen molar-refractivity contribution in [3.63, 3.8) is 0 Å². The van der Waals surface area contributed by atoms with E-state index in [1.54, 1.807) is 6.07 Å². The maximum Gasteiger partial charge on any atom is 0.123 e. The van der Waals surface area contributed by atoms with Gasteiger partial charge in [0.25, 0.3) is 0 Å². The van der Waals surface area contributed by atoms with Crippen LogP contribution >= 0.6 is 0 Å². The van der Waals surface area contributed by atoms with Crippen LogP contribution in [0.3, 0.4) is 0 Å². The van der Waals surface area contributed by atoms with E-state index in [0.717, 1.165) is 41.1 Å². The molecular weight excluding hydrogens is 368 g/mol. The van der Waals surface area contributed by atoms with Gasteiger partial charge in [0.2, 0.25) is 0 Å². The van der Waals surface area contributed by atoms with Crippen molar-refractivity contribution < 1.29 is 9.84 Å². The lowest BCUT2D eigenvalue weighted by molar-refractivity contribution is 0.357. The van der Waals surface area contributed by atoms with E-state index in [-0.39, 0.29) is 0 Å². The average Bonchev–Trinajstić information content (AvgIpc) is 2.67. The number of phenols is 1. The summed E-state index contributed by atoms with van der Waals surface area (Å²) in [5, 5.41) is 9.75. The second-order valence-corrected chi connectivity index (χ2v) is 10.1. The molecule has 1 N–H and O–H groups in total. The largest absolute Gasteiger partial charge is 0.508 e. The highest BCUT2D eigenvalue weighted by atomic mass is 16.5. The van der Waals surface area contributed by atoms with E-state index in [2.05, 4.69) is 40.7 Å². The molecule has 2 nitrogen and oxygen atoms in total. The highest BCUT2D eigenvalue weighted by molar-refractivity contribution is 5.46. The molecular formula is C28H48O2. The van der Waals surface area contributed by atoms with Gasteiger partial charge < -0.3 is 9.84 Å². The van der Waals surface area contributed by atoms with Crippen molar-refractivity contribution in [2.24, 2.45) is 17.8 Å². The Balaban J connectivity index is 2.16. The van der Waals surface area contributed by atoms with Crippen molar-refractivity contribution in [1.29, 1.82) is 0 Å². The fourth-order valence-electron chi connectivity index (χ4n) is 4.02. The zero-order valence-electron chi connectivity index (χ0n) is 20.9. The number of ether oxygens (including phenoxy) is 1. The molecule has 0 fully saturated rings. The van der Waals surface area contributed by atoms with Gasteiger partial charge in [-0.15, -0.1) is 0 Å². The van der Waals surface area contributed by atoms with Crippen LogP contribution in [-0.4, -0.2) is 11.7 Å². The van der Waals surface area contributed by atoms with Crippen LogP contribution in [0.4, 0.5) is 0 Å². The molecule has 0 aliphatic carbocycles. The Morgan fingerprint density at radius 1 is 0.867 bits per heavy atom. The molecule has 2 heteroatoms. The second-order valence-electron chi connectivity index (χ2n) is 10.1. The van der Waals surface area contributed by atoms with Crippen LogP contribution < -0.4 is 4.74 Å². The molecule has 0 amide bonds. The maximum atomic E-state index is 9.75. The summed E-state index contributed by atoms with van der Waals surface area (Å²) < 4.78 is 5.90. The van der Waals surface area contributed by atoms with Gasteiger partial charge in [0.15, 0.2) is 0 Å². The minimum atomic E-state index is 0.335. The summed E-state index contributed by atoms with van der Waals surface area (Å²) in [6, 6.07) is 3.57. The molecule has 0 radical (unpaired) electrons. The van der Waals surface area contributed by atoms with Gasteiger partial charge in [-0.2, -0.15) is 0 Å². The fourth-order valence-corrected chi connectivity index (χ4v) is 4.02. The van der Waals surface area contributed by atoms with Gasteiger partial charge in [0, 0.05) is 0 Å². The third kappa shape index (κ3) is 11.1. The molecule has 0 saturated heterocycles. The fraction of sp³-hybridized carbons (Fsp3) is 0.714. The van der Waals surface area contributed by atoms with Gasteiger partial charge in [-0.1, -0.05) is 78.2 Å². The number of rotatable bonds is 15. The first-order chi connectivity index (χ1) is 14.2. The topological polar surface area (TPSA) is 29.5 Å². The molecule has 0 heterocycles. The van der Waals surface area contributed by atoms with E-state index in [1.165, 1.54) is 56.9 Å². The SMILES string of the molecule is CC(=CCOc1ccc(O)c(C)c1C)CCCC(C)CCCC(C)CCCC(C)C. The number of aromatic hydroxyl groups is 1. The summed E-state index contributed by atoms with van der Waals surface area (Å²) in [6.07, 6.45) is 14.3. The summed E-state index contributed by atoms with van der Waals surface area (Å²) in [4.78, 5) is 0. The highest BCUT2D eigenvalue weighted by Gasteiger charge is 2.07. The Kier molecular flexibility index (Phi) is 12.9. The Hall–Kier alpha value is -1.44. The Labute approximate surface area is 187 Å². The number of benzene rings is 1. The summed E-state index contributed by atoms with van der Waals surface area (Å²) >= 11 is 0. The molecule has 2 unspecified atom stereocenters. The first-order valence-corrected chi connectivity index (χ1v) is 12.3. The molecule has 30 heavy (non-hydrogen) atoms. The van der Waals surface area contributed by atoms with Crippen molar-refractivity contribution in [2.45, 2.75) is 106 Å². The molecule has 1 rings (SSSR count). The monoisotopic (exact) mass is 416 g/mol. The van der Waals surface area contributed by atoms with Gasteiger partial charge in [0.05, 0.1) is 0 Å². The molecule has 0 aromatic heterocycles. The lowest BCUT2D eigenvalue weighted by Crippen LogP contribution is -2.00. The molecule has 0 aliphatic heterocycles. The number of phenolic OH excluding ortho intramolecular Hbond substituents is 1. The van der Waals surface area contributed by atoms with E-state index in [9.17, 15) is 5.11 Å². The summed E-state index contributed by atoms with van der Waals surface area (Å²) in [7, 11) is 0. The predicted molar refractivity (Wildman–Crippen MR) is 132 cm³/mol. The quantitative estimate of drug-likeness (QED) is 0.289. The first kappa shape index (κ1) is 26.6. The van der Waals surface area contributed by atoms with Crippen LogP contribution in [0.15, 0.2) is 23.8 Å². The minimum Gasteiger partial charge on any atom is -0.508 e. The van der Waals surface area contributed by atoms with Crippen molar-refractivity contribution in [1.82, 2.24) is 0 Å². The van der Waals surface area contributed by atoms with Crippen LogP contribution in [0.2, 0.25) is 0 Å². The minimum absolute atomic E-state index is 0.335. The summed E-state index contributed by atoms with van der Waals surface area (Å²) in [6.45, 7) is 16.2. The molecule has 172 valence electrons. The van der Waals surface area contributed by atoms with Crippen molar-refractivity contribution in [3.8, 4) is 11.5 Å². The number of allylic oxidation sites excluding steroid dienone is 1. The van der Waals surface area contributed by atoms with E-state index in [1.807, 2.05) is 19.9 Å². The van der Waals surface area contributed by atoms with Crippen molar-refractivity contribution >= 4 is 0 Å². The van der Waals surface area contributed by atoms with E-state index in [4.69, 9.17) is 4.74 Å². The lowest BCUT2D eigenvalue weighted by atomic mass is 9.91. The molecule has 0 aliphatic rings. The lowest BCUT2D eigenvalue weighted by Gasteiger charge is -2.15. The van der Waals surface area contributed by atoms with Gasteiger partial charge in [-0.05, 0) is 80.7 Å². The molecule has 0 saturated carbocycles. The third-order valence-electron chi connectivity index (χ3n) is 6.52. The summed E-state index contributed by atoms with van der Waals surface area (Å²) in [5.41, 5.74) is 3.32. The van der Waals surface area contributed by atoms with Gasteiger partial charge in [-0.25, -0.2) is 0 Å². The van der Waals surface area contributed by atoms with Crippen LogP contribution in [0.5, 0.6) is 11.5 Å². The second kappa shape index (κ2) is 14.5. The standard InChI is InChI=1S/C28H48O2/c1-21(2)11-8-12-22(3)13-9-14-23(4)15-10-16-24(5)19-20-30-28-18-17-27(29)25(6)26(28)7/h17-19,21-23,29H,8-16,20H2,1-7H3. The first-order valence-electron chi connectivity index (χ1n) is 12.3. The van der Waals surface area contributed by atoms with Crippen LogP contribution in [0.1, 0.15) is 104 Å². The Morgan fingerprint density at radius 3 is 2.03 bits per heavy atom. The van der Waals surface area contributed by atoms with Crippen LogP contribution in [0.25, 0.3) is 0 Å². The van der Waals surface area contributed by atoms with Gasteiger partial charge >= 0.3 is 0 Å². The van der Waals surface area contributed by atoms with Crippen molar-refractivity contribution in [3.05, 3.63) is 34.9 Å². The third-order valence-corrected chi connectivity index (χ3v) is 6.52. The van der Waals surface area contributed by atoms with Crippen molar-refractivity contribution in [2.75, 3.05) is 6.61 Å². The Morgan fingerprint density at radius 2 is 1.43 bits per heavy atom. The number of hydrogen-bond donors (Lipinski definition) is 1. The summed E-state index contributed by atoms with van der Waals surface area (Å²) in [5.74, 6) is 3.77. The maximum absolute atomic E-state index is 9.75. The highest BCUT2D eigenvalue weighted by Crippen LogP contribution is 2.28. The zero-order chi connectivity index (χ0) is 22.5. The molecule has 0 bridgehead atoms. The van der Waals surface area contributed by atoms with Crippen LogP contribution in [-0.2, 0) is 0 Å². The number of hydrogen-bond acceptors (Lipinski definition) is 2. The predicted octanol–water partition coefficient (Wildman–Crippen LogP) is 8.77. The van der Waals surface area contributed by atoms with Gasteiger partial charge in [0.1, 0.15) is 18.1 Å². The molecule has 2 atom stereocenters. The normalized spacial score (nSPS) is 14.2.